The van der Waals surface area contributed by atoms with Gasteiger partial charge in [0.15, 0.2) is 9.84 Å². The number of nitro groups is 1. The Balaban J connectivity index is 1.84. The van der Waals surface area contributed by atoms with Gasteiger partial charge in [0.25, 0.3) is 11.6 Å². The molecular weight excluding hydrogens is 348 g/mol. The standard InChI is InChI=1S/C15H16N4O5S/c1-25(23,24)12-5-9(4-11(7-12)19(21)22)15(20)18-10-2-3-13-14(6-10)17-8-16-13/h4-5,7-8,10H,2-3,6H2,1H3,(H,16,17)(H,18,20)/t10-/m0/s1. The lowest BCUT2D eigenvalue weighted by Crippen LogP contribution is -2.39. The number of sulfone groups is 1. The van der Waals surface area contributed by atoms with Crippen molar-refractivity contribution in [3.05, 3.63) is 51.6 Å². The molecule has 1 amide bonds. The molecule has 1 aromatic heterocycles. The molecule has 2 N–H and O–H groups in total. The number of nitro benzene ring substituents is 1. The average Bonchev–Trinajstić information content (AvgIpc) is 3.01. The van der Waals surface area contributed by atoms with Gasteiger partial charge in [-0.15, -0.1) is 0 Å². The van der Waals surface area contributed by atoms with Crippen molar-refractivity contribution in [2.75, 3.05) is 6.26 Å². The first-order chi connectivity index (χ1) is 11.7. The van der Waals surface area contributed by atoms with E-state index in [9.17, 15) is 23.3 Å². The molecule has 0 fully saturated rings. The highest BCUT2D eigenvalue weighted by atomic mass is 32.2. The highest BCUT2D eigenvalue weighted by Gasteiger charge is 2.24. The van der Waals surface area contributed by atoms with Gasteiger partial charge < -0.3 is 10.3 Å². The predicted octanol–water partition coefficient (Wildman–Crippen LogP) is 1.01. The zero-order valence-electron chi connectivity index (χ0n) is 13.4. The number of nitrogens with zero attached hydrogens (tertiary/aromatic N) is 2. The second-order valence-corrected chi connectivity index (χ2v) is 8.00. The second-order valence-electron chi connectivity index (χ2n) is 5.99. The summed E-state index contributed by atoms with van der Waals surface area (Å²) in [6, 6.07) is 3.03. The quantitative estimate of drug-likeness (QED) is 0.614. The average molecular weight is 364 g/mol. The number of rotatable bonds is 4. The molecule has 0 unspecified atom stereocenters. The smallest absolute Gasteiger partial charge is 0.271 e. The van der Waals surface area contributed by atoms with E-state index in [0.29, 0.717) is 19.3 Å². The number of nitrogens with one attached hydrogen (secondary N) is 2. The number of hydrogen-bond donors (Lipinski definition) is 2. The van der Waals surface area contributed by atoms with E-state index in [2.05, 4.69) is 15.3 Å². The molecule has 0 saturated heterocycles. The monoisotopic (exact) mass is 364 g/mol. The summed E-state index contributed by atoms with van der Waals surface area (Å²) in [4.78, 5) is 29.7. The van der Waals surface area contributed by atoms with Gasteiger partial charge in [-0.05, 0) is 18.9 Å². The van der Waals surface area contributed by atoms with E-state index in [1.54, 1.807) is 6.33 Å². The van der Waals surface area contributed by atoms with Crippen molar-refractivity contribution in [3.63, 3.8) is 0 Å². The molecule has 25 heavy (non-hydrogen) atoms. The SMILES string of the molecule is CS(=O)(=O)c1cc(C(=O)N[C@H]2CCc3nc[nH]c3C2)cc([N+](=O)[O-])c1. The summed E-state index contributed by atoms with van der Waals surface area (Å²) in [7, 11) is -3.68. The molecule has 0 aliphatic heterocycles. The Morgan fingerprint density at radius 1 is 1.40 bits per heavy atom. The zero-order valence-corrected chi connectivity index (χ0v) is 14.2. The van der Waals surface area contributed by atoms with Gasteiger partial charge in [0.1, 0.15) is 0 Å². The molecule has 132 valence electrons. The maximum absolute atomic E-state index is 12.5. The van der Waals surface area contributed by atoms with Crippen molar-refractivity contribution in [1.29, 1.82) is 0 Å². The Labute approximate surface area is 143 Å². The second kappa shape index (κ2) is 6.28. The van der Waals surface area contributed by atoms with E-state index in [1.165, 1.54) is 0 Å². The van der Waals surface area contributed by atoms with Gasteiger partial charge >= 0.3 is 0 Å². The number of benzene rings is 1. The summed E-state index contributed by atoms with van der Waals surface area (Å²) in [5.74, 6) is -0.540. The zero-order chi connectivity index (χ0) is 18.2. The number of carbonyl (C=O) groups excluding carboxylic acids is 1. The number of amides is 1. The van der Waals surface area contributed by atoms with Crippen LogP contribution < -0.4 is 5.32 Å². The first-order valence-electron chi connectivity index (χ1n) is 7.55. The van der Waals surface area contributed by atoms with E-state index in [0.717, 1.165) is 35.8 Å². The van der Waals surface area contributed by atoms with E-state index in [4.69, 9.17) is 0 Å². The predicted molar refractivity (Wildman–Crippen MR) is 88.1 cm³/mol. The van der Waals surface area contributed by atoms with Gasteiger partial charge in [-0.2, -0.15) is 0 Å². The Morgan fingerprint density at radius 3 is 2.84 bits per heavy atom. The molecule has 10 heteroatoms. The molecule has 1 atom stereocenters. The van der Waals surface area contributed by atoms with Crippen molar-refractivity contribution in [2.45, 2.75) is 30.2 Å². The first kappa shape index (κ1) is 17.1. The number of aryl methyl sites for hydroxylation is 1. The van der Waals surface area contributed by atoms with Gasteiger partial charge in [0.05, 0.1) is 21.8 Å². The number of carbonyl (C=O) groups is 1. The largest absolute Gasteiger partial charge is 0.349 e. The van der Waals surface area contributed by atoms with Crippen LogP contribution in [0, 0.1) is 10.1 Å². The number of hydrogen-bond acceptors (Lipinski definition) is 6. The molecule has 0 bridgehead atoms. The van der Waals surface area contributed by atoms with Gasteiger partial charge in [0, 0.05) is 42.1 Å². The van der Waals surface area contributed by atoms with Crippen LogP contribution >= 0.6 is 0 Å². The Hall–Kier alpha value is -2.75. The summed E-state index contributed by atoms with van der Waals surface area (Å²) < 4.78 is 23.4. The Morgan fingerprint density at radius 2 is 2.16 bits per heavy atom. The highest BCUT2D eigenvalue weighted by Crippen LogP contribution is 2.22. The summed E-state index contributed by atoms with van der Waals surface area (Å²) in [6.45, 7) is 0. The molecule has 0 saturated carbocycles. The molecule has 1 aliphatic rings. The van der Waals surface area contributed by atoms with E-state index in [-0.39, 0.29) is 16.5 Å². The minimum Gasteiger partial charge on any atom is -0.349 e. The molecule has 0 radical (unpaired) electrons. The van der Waals surface area contributed by atoms with Crippen LogP contribution in [0.15, 0.2) is 29.4 Å². The fourth-order valence-corrected chi connectivity index (χ4v) is 3.50. The number of aromatic nitrogens is 2. The van der Waals surface area contributed by atoms with E-state index < -0.39 is 26.4 Å². The molecule has 1 aliphatic carbocycles. The normalized spacial score (nSPS) is 16.9. The number of aromatic amines is 1. The highest BCUT2D eigenvalue weighted by molar-refractivity contribution is 7.90. The summed E-state index contributed by atoms with van der Waals surface area (Å²) >= 11 is 0. The molecule has 1 heterocycles. The van der Waals surface area contributed by atoms with E-state index in [1.807, 2.05) is 0 Å². The van der Waals surface area contributed by atoms with Crippen LogP contribution in [0.2, 0.25) is 0 Å². The fourth-order valence-electron chi connectivity index (χ4n) is 2.83. The number of fused-ring (bicyclic) bond motifs is 1. The van der Waals surface area contributed by atoms with Gasteiger partial charge in [-0.1, -0.05) is 0 Å². The Bertz CT molecular complexity index is 951. The van der Waals surface area contributed by atoms with Gasteiger partial charge in [0.2, 0.25) is 0 Å². The van der Waals surface area contributed by atoms with Gasteiger partial charge in [-0.3, -0.25) is 14.9 Å². The maximum atomic E-state index is 12.5. The molecule has 0 spiro atoms. The van der Waals surface area contributed by atoms with Crippen LogP contribution in [0.1, 0.15) is 28.2 Å². The lowest BCUT2D eigenvalue weighted by atomic mass is 9.96. The van der Waals surface area contributed by atoms with Crippen LogP contribution in [-0.2, 0) is 22.7 Å². The summed E-state index contributed by atoms with van der Waals surface area (Å²) in [5, 5.41) is 13.8. The van der Waals surface area contributed by atoms with Crippen LogP contribution in [0.5, 0.6) is 0 Å². The lowest BCUT2D eigenvalue weighted by Gasteiger charge is -2.22. The van der Waals surface area contributed by atoms with Crippen molar-refractivity contribution >= 4 is 21.4 Å². The summed E-state index contributed by atoms with van der Waals surface area (Å²) in [6.07, 6.45) is 4.53. The fraction of sp³-hybridized carbons (Fsp3) is 0.333. The first-order valence-corrected chi connectivity index (χ1v) is 9.44. The number of H-pyrrole nitrogens is 1. The van der Waals surface area contributed by atoms with Crippen LogP contribution in [0.4, 0.5) is 5.69 Å². The third kappa shape index (κ3) is 3.68. The molecule has 1 aromatic carbocycles. The minimum absolute atomic E-state index is 0.0509. The van der Waals surface area contributed by atoms with Gasteiger partial charge in [-0.25, -0.2) is 13.4 Å². The third-order valence-corrected chi connectivity index (χ3v) is 5.21. The minimum atomic E-state index is -3.68. The van der Waals surface area contributed by atoms with Crippen molar-refractivity contribution < 1.29 is 18.1 Å². The third-order valence-electron chi connectivity index (χ3n) is 4.12. The van der Waals surface area contributed by atoms with Crippen LogP contribution in [0.3, 0.4) is 0 Å². The summed E-state index contributed by atoms with van der Waals surface area (Å²) in [5.41, 5.74) is 1.44. The lowest BCUT2D eigenvalue weighted by molar-refractivity contribution is -0.385. The van der Waals surface area contributed by atoms with E-state index >= 15 is 0 Å². The molecule has 3 rings (SSSR count). The van der Waals surface area contributed by atoms with Crippen molar-refractivity contribution in [2.24, 2.45) is 0 Å². The molecule has 2 aromatic rings. The van der Waals surface area contributed by atoms with Crippen molar-refractivity contribution in [3.8, 4) is 0 Å². The van der Waals surface area contributed by atoms with Crippen LogP contribution in [-0.4, -0.2) is 41.5 Å². The number of non-ortho nitro benzene ring substituents is 1. The molecular formula is C15H16N4O5S. The maximum Gasteiger partial charge on any atom is 0.271 e. The molecule has 9 nitrogen and oxygen atoms in total. The Kier molecular flexibility index (Phi) is 4.29. The topological polar surface area (TPSA) is 135 Å². The number of imidazole rings is 1. The van der Waals surface area contributed by atoms with Crippen molar-refractivity contribution in [1.82, 2.24) is 15.3 Å². The van der Waals surface area contributed by atoms with Crippen LogP contribution in [0.25, 0.3) is 0 Å².